The highest BCUT2D eigenvalue weighted by Crippen LogP contribution is 2.51. The standard InChI is InChI=1S/C39H60F2O11S/c1-25(16-26-8-4-3-5-9-26)13-14-33(42)48-23-31-32(24-49-35(43)37(2)19-27-10-6-11-28(17-27)20-37)51-34(50-31)30-18-29-12-7-15-38(21-29,22-30)52-36(44)39(40,41)53(45,46)47/h25-32,34H,3-24H2,1-2H3,(H,45,46,47). The van der Waals surface area contributed by atoms with Gasteiger partial charge in [0.25, 0.3) is 0 Å². The second-order valence-corrected chi connectivity index (χ2v) is 19.4. The number of fused-ring (bicyclic) bond motifs is 4. The number of carbonyl (C=O) groups excluding carboxylic acids is 3. The van der Waals surface area contributed by atoms with E-state index in [0.717, 1.165) is 57.3 Å². The van der Waals surface area contributed by atoms with Crippen LogP contribution in [0.5, 0.6) is 0 Å². The zero-order valence-corrected chi connectivity index (χ0v) is 32.3. The van der Waals surface area contributed by atoms with Crippen LogP contribution in [0.25, 0.3) is 0 Å². The summed E-state index contributed by atoms with van der Waals surface area (Å²) in [5.41, 5.74) is -1.98. The van der Waals surface area contributed by atoms with E-state index in [9.17, 15) is 31.6 Å². The Morgan fingerprint density at radius 1 is 0.849 bits per heavy atom. The Morgan fingerprint density at radius 3 is 2.13 bits per heavy atom. The molecule has 6 fully saturated rings. The number of hydrogen-bond acceptors (Lipinski definition) is 10. The third-order valence-corrected chi connectivity index (χ3v) is 14.2. The van der Waals surface area contributed by atoms with E-state index in [2.05, 4.69) is 6.92 Å². The molecule has 6 aliphatic rings. The highest BCUT2D eigenvalue weighted by atomic mass is 32.2. The molecule has 0 aromatic heterocycles. The molecule has 302 valence electrons. The highest BCUT2D eigenvalue weighted by Gasteiger charge is 2.59. The van der Waals surface area contributed by atoms with Crippen LogP contribution in [-0.2, 0) is 48.2 Å². The summed E-state index contributed by atoms with van der Waals surface area (Å²) in [6, 6.07) is 0. The van der Waals surface area contributed by atoms with E-state index in [-0.39, 0.29) is 56.8 Å². The summed E-state index contributed by atoms with van der Waals surface area (Å²) in [7, 11) is -6.03. The van der Waals surface area contributed by atoms with Gasteiger partial charge in [0, 0.05) is 12.3 Å². The molecule has 5 aliphatic carbocycles. The van der Waals surface area contributed by atoms with Crippen molar-refractivity contribution in [3.05, 3.63) is 0 Å². The smallest absolute Gasteiger partial charge is 0.463 e. The van der Waals surface area contributed by atoms with E-state index in [1.165, 1.54) is 38.5 Å². The van der Waals surface area contributed by atoms with Gasteiger partial charge in [-0.2, -0.15) is 17.2 Å². The van der Waals surface area contributed by atoms with E-state index < -0.39 is 56.8 Å². The van der Waals surface area contributed by atoms with Crippen LogP contribution >= 0.6 is 0 Å². The normalized spacial score (nSPS) is 37.0. The lowest BCUT2D eigenvalue weighted by Crippen LogP contribution is -2.51. The number of alkyl halides is 2. The molecule has 9 unspecified atom stereocenters. The monoisotopic (exact) mass is 774 g/mol. The molecule has 0 aromatic rings. The first-order valence-electron chi connectivity index (χ1n) is 20.3. The van der Waals surface area contributed by atoms with Crippen molar-refractivity contribution < 1.29 is 59.8 Å². The first kappa shape index (κ1) is 40.8. The predicted octanol–water partition coefficient (Wildman–Crippen LogP) is 7.54. The highest BCUT2D eigenvalue weighted by molar-refractivity contribution is 7.87. The number of halogens is 2. The van der Waals surface area contributed by atoms with Crippen LogP contribution in [-0.4, -0.2) is 73.4 Å². The van der Waals surface area contributed by atoms with Gasteiger partial charge in [-0.25, -0.2) is 4.79 Å². The summed E-state index contributed by atoms with van der Waals surface area (Å²) in [6.07, 6.45) is 14.7. The molecule has 1 N–H and O–H groups in total. The number of esters is 3. The van der Waals surface area contributed by atoms with Crippen LogP contribution < -0.4 is 0 Å². The fraction of sp³-hybridized carbons (Fsp3) is 0.923. The summed E-state index contributed by atoms with van der Waals surface area (Å²) in [6.45, 7) is 3.93. The maximum Gasteiger partial charge on any atom is 0.465 e. The summed E-state index contributed by atoms with van der Waals surface area (Å²) in [5.74, 6) is -1.25. The van der Waals surface area contributed by atoms with E-state index in [4.69, 9.17) is 28.2 Å². The molecule has 1 aliphatic heterocycles. The van der Waals surface area contributed by atoms with E-state index in [1.54, 1.807) is 0 Å². The largest absolute Gasteiger partial charge is 0.465 e. The molecular weight excluding hydrogens is 714 g/mol. The Labute approximate surface area is 313 Å². The Balaban J connectivity index is 1.09. The maximum absolute atomic E-state index is 14.3. The summed E-state index contributed by atoms with van der Waals surface area (Å²) in [4.78, 5) is 39.0. The summed E-state index contributed by atoms with van der Waals surface area (Å²) in [5, 5.41) is -5.10. The first-order valence-corrected chi connectivity index (χ1v) is 21.7. The lowest BCUT2D eigenvalue weighted by Gasteiger charge is -2.48. The maximum atomic E-state index is 14.3. The van der Waals surface area contributed by atoms with Crippen LogP contribution in [0.2, 0.25) is 0 Å². The van der Waals surface area contributed by atoms with E-state index in [1.807, 2.05) is 6.92 Å². The third-order valence-electron chi connectivity index (χ3n) is 13.4. The molecule has 0 spiro atoms. The summed E-state index contributed by atoms with van der Waals surface area (Å²) >= 11 is 0. The fourth-order valence-corrected chi connectivity index (χ4v) is 11.2. The molecular formula is C39H60F2O11S. The van der Waals surface area contributed by atoms with Gasteiger partial charge < -0.3 is 23.7 Å². The molecule has 6 rings (SSSR count). The Bertz CT molecular complexity index is 1410. The van der Waals surface area contributed by atoms with Gasteiger partial charge in [-0.3, -0.25) is 14.1 Å². The van der Waals surface area contributed by atoms with Crippen molar-refractivity contribution in [3.63, 3.8) is 0 Å². The molecule has 4 bridgehead atoms. The van der Waals surface area contributed by atoms with Gasteiger partial charge in [0.05, 0.1) is 5.41 Å². The SMILES string of the molecule is CC(CCC(=O)OCC1OC(C2CC3CCCC(OC(=O)C(F)(F)S(=O)(=O)O)(C3)C2)OC1COC(=O)C1(C)CC2CCCC(C2)C1)CC1CCCCC1. The minimum Gasteiger partial charge on any atom is -0.463 e. The molecule has 1 heterocycles. The van der Waals surface area contributed by atoms with Gasteiger partial charge in [-0.15, -0.1) is 0 Å². The fourth-order valence-electron chi connectivity index (χ4n) is 10.9. The van der Waals surface area contributed by atoms with Gasteiger partial charge in [-0.1, -0.05) is 64.7 Å². The first-order chi connectivity index (χ1) is 25.0. The zero-order valence-electron chi connectivity index (χ0n) is 31.4. The van der Waals surface area contributed by atoms with E-state index >= 15 is 0 Å². The topological polar surface area (TPSA) is 152 Å². The molecule has 0 aromatic carbocycles. The molecule has 11 nitrogen and oxygen atoms in total. The minimum absolute atomic E-state index is 0.0312. The average Bonchev–Trinajstić information content (AvgIpc) is 3.51. The van der Waals surface area contributed by atoms with Crippen molar-refractivity contribution in [1.82, 2.24) is 0 Å². The number of rotatable bonds is 14. The van der Waals surface area contributed by atoms with Crippen molar-refractivity contribution in [1.29, 1.82) is 0 Å². The summed E-state index contributed by atoms with van der Waals surface area (Å²) < 4.78 is 89.9. The quantitative estimate of drug-likeness (QED) is 0.106. The third kappa shape index (κ3) is 9.92. The number of ether oxygens (including phenoxy) is 5. The van der Waals surface area contributed by atoms with Crippen LogP contribution in [0, 0.1) is 40.9 Å². The Morgan fingerprint density at radius 2 is 1.47 bits per heavy atom. The molecule has 9 atom stereocenters. The van der Waals surface area contributed by atoms with Crippen molar-refractivity contribution in [2.75, 3.05) is 13.2 Å². The minimum atomic E-state index is -6.03. The van der Waals surface area contributed by atoms with Crippen LogP contribution in [0.15, 0.2) is 0 Å². The van der Waals surface area contributed by atoms with Gasteiger partial charge in [0.15, 0.2) is 6.29 Å². The van der Waals surface area contributed by atoms with E-state index in [0.29, 0.717) is 30.6 Å². The Kier molecular flexibility index (Phi) is 12.8. The average molecular weight is 775 g/mol. The second kappa shape index (κ2) is 16.7. The second-order valence-electron chi connectivity index (χ2n) is 18.0. The van der Waals surface area contributed by atoms with Gasteiger partial charge in [-0.05, 0) is 101 Å². The van der Waals surface area contributed by atoms with Crippen LogP contribution in [0.3, 0.4) is 0 Å². The van der Waals surface area contributed by atoms with Crippen LogP contribution in [0.1, 0.15) is 142 Å². The number of carbonyl (C=O) groups is 3. The lowest BCUT2D eigenvalue weighted by atomic mass is 9.61. The van der Waals surface area contributed by atoms with Crippen molar-refractivity contribution in [3.8, 4) is 0 Å². The van der Waals surface area contributed by atoms with Gasteiger partial charge in [0.1, 0.15) is 31.0 Å². The molecule has 14 heteroatoms. The van der Waals surface area contributed by atoms with Gasteiger partial charge in [0.2, 0.25) is 0 Å². The van der Waals surface area contributed by atoms with Crippen LogP contribution in [0.4, 0.5) is 8.78 Å². The zero-order chi connectivity index (χ0) is 38.0. The van der Waals surface area contributed by atoms with Crippen molar-refractivity contribution in [2.24, 2.45) is 40.9 Å². The molecule has 5 saturated carbocycles. The van der Waals surface area contributed by atoms with Gasteiger partial charge >= 0.3 is 33.3 Å². The number of hydrogen-bond donors (Lipinski definition) is 1. The predicted molar refractivity (Wildman–Crippen MR) is 188 cm³/mol. The molecule has 1 saturated heterocycles. The van der Waals surface area contributed by atoms with Crippen molar-refractivity contribution in [2.45, 2.75) is 172 Å². The Hall–Kier alpha value is -1.90. The lowest BCUT2D eigenvalue weighted by molar-refractivity contribution is -0.202. The molecule has 53 heavy (non-hydrogen) atoms. The van der Waals surface area contributed by atoms with Crippen molar-refractivity contribution >= 4 is 28.0 Å². The molecule has 0 radical (unpaired) electrons. The molecule has 0 amide bonds.